The highest BCUT2D eigenvalue weighted by Crippen LogP contribution is 2.05. The van der Waals surface area contributed by atoms with E-state index in [1.807, 2.05) is 6.07 Å². The van der Waals surface area contributed by atoms with Crippen molar-refractivity contribution in [3.05, 3.63) is 35.4 Å². The van der Waals surface area contributed by atoms with Gasteiger partial charge in [-0.2, -0.15) is 0 Å². The Morgan fingerprint density at radius 1 is 1.62 bits per heavy atom. The van der Waals surface area contributed by atoms with Crippen molar-refractivity contribution in [1.29, 1.82) is 0 Å². The Hall–Kier alpha value is -1.95. The summed E-state index contributed by atoms with van der Waals surface area (Å²) in [5.74, 6) is 2.48. The Morgan fingerprint density at radius 2 is 2.38 bits per heavy atom. The molecular weight excluding hydrogens is 166 g/mol. The molecule has 1 rings (SSSR count). The van der Waals surface area contributed by atoms with Crippen LogP contribution < -0.4 is 5.73 Å². The van der Waals surface area contributed by atoms with Crippen molar-refractivity contribution >= 4 is 6.09 Å². The second kappa shape index (κ2) is 4.17. The molecule has 1 aromatic rings. The third-order valence-corrected chi connectivity index (χ3v) is 1.47. The van der Waals surface area contributed by atoms with Crippen LogP contribution in [0.2, 0.25) is 0 Å². The SMILES string of the molecule is C#Cc1cccc(COC(N)=O)c1. The Labute approximate surface area is 76.5 Å². The highest BCUT2D eigenvalue weighted by Gasteiger charge is 1.96. The molecule has 0 bridgehead atoms. The zero-order valence-electron chi connectivity index (χ0n) is 6.99. The van der Waals surface area contributed by atoms with E-state index in [0.29, 0.717) is 0 Å². The fraction of sp³-hybridized carbons (Fsp3) is 0.100. The van der Waals surface area contributed by atoms with E-state index in [-0.39, 0.29) is 6.61 Å². The van der Waals surface area contributed by atoms with Gasteiger partial charge < -0.3 is 10.5 Å². The van der Waals surface area contributed by atoms with E-state index in [4.69, 9.17) is 12.2 Å². The van der Waals surface area contributed by atoms with Crippen LogP contribution in [0.5, 0.6) is 0 Å². The number of benzene rings is 1. The number of primary amides is 1. The van der Waals surface area contributed by atoms with Gasteiger partial charge in [0.1, 0.15) is 6.61 Å². The van der Waals surface area contributed by atoms with Gasteiger partial charge in [0, 0.05) is 5.56 Å². The fourth-order valence-corrected chi connectivity index (χ4v) is 0.905. The van der Waals surface area contributed by atoms with E-state index in [2.05, 4.69) is 10.7 Å². The molecule has 2 N–H and O–H groups in total. The molecule has 0 aliphatic heterocycles. The van der Waals surface area contributed by atoms with Gasteiger partial charge in [-0.15, -0.1) is 6.42 Å². The summed E-state index contributed by atoms with van der Waals surface area (Å²) in [5, 5.41) is 0. The van der Waals surface area contributed by atoms with Crippen molar-refractivity contribution in [3.8, 4) is 12.3 Å². The van der Waals surface area contributed by atoms with Crippen molar-refractivity contribution in [2.45, 2.75) is 6.61 Å². The molecule has 1 aromatic carbocycles. The van der Waals surface area contributed by atoms with E-state index in [1.165, 1.54) is 0 Å². The van der Waals surface area contributed by atoms with Gasteiger partial charge in [0.05, 0.1) is 0 Å². The van der Waals surface area contributed by atoms with Crippen molar-refractivity contribution in [1.82, 2.24) is 0 Å². The number of hydrogen-bond acceptors (Lipinski definition) is 2. The smallest absolute Gasteiger partial charge is 0.404 e. The minimum atomic E-state index is -0.786. The lowest BCUT2D eigenvalue weighted by atomic mass is 10.1. The molecule has 3 nitrogen and oxygen atoms in total. The average Bonchev–Trinajstić information content (AvgIpc) is 2.15. The quantitative estimate of drug-likeness (QED) is 0.688. The van der Waals surface area contributed by atoms with Crippen LogP contribution in [0.1, 0.15) is 11.1 Å². The van der Waals surface area contributed by atoms with Crippen LogP contribution in [0, 0.1) is 12.3 Å². The fourth-order valence-electron chi connectivity index (χ4n) is 0.905. The zero-order chi connectivity index (χ0) is 9.68. The van der Waals surface area contributed by atoms with Gasteiger partial charge in [0.15, 0.2) is 0 Å². The number of amides is 1. The number of carbonyl (C=O) groups is 1. The molecule has 0 fully saturated rings. The normalized spacial score (nSPS) is 8.85. The molecule has 0 saturated carbocycles. The van der Waals surface area contributed by atoms with Crippen LogP contribution >= 0.6 is 0 Å². The molecule has 1 amide bonds. The van der Waals surface area contributed by atoms with Crippen LogP contribution in [-0.2, 0) is 11.3 Å². The van der Waals surface area contributed by atoms with Gasteiger partial charge >= 0.3 is 6.09 Å². The second-order valence-corrected chi connectivity index (χ2v) is 2.45. The molecule has 0 atom stereocenters. The third kappa shape index (κ3) is 2.88. The highest BCUT2D eigenvalue weighted by molar-refractivity contribution is 5.64. The number of hydrogen-bond donors (Lipinski definition) is 1. The summed E-state index contributed by atoms with van der Waals surface area (Å²) in [6.07, 6.45) is 4.41. The molecule has 66 valence electrons. The number of nitrogens with two attached hydrogens (primary N) is 1. The van der Waals surface area contributed by atoms with E-state index in [1.54, 1.807) is 18.2 Å². The van der Waals surface area contributed by atoms with Crippen LogP contribution in [-0.4, -0.2) is 6.09 Å². The zero-order valence-corrected chi connectivity index (χ0v) is 6.99. The second-order valence-electron chi connectivity index (χ2n) is 2.45. The van der Waals surface area contributed by atoms with Gasteiger partial charge in [-0.3, -0.25) is 0 Å². The van der Waals surface area contributed by atoms with Crippen molar-refractivity contribution in [3.63, 3.8) is 0 Å². The molecule has 13 heavy (non-hydrogen) atoms. The Kier molecular flexibility index (Phi) is 2.93. The highest BCUT2D eigenvalue weighted by atomic mass is 16.5. The molecule has 0 saturated heterocycles. The Morgan fingerprint density at radius 3 is 3.00 bits per heavy atom. The van der Waals surface area contributed by atoms with Gasteiger partial charge in [-0.25, -0.2) is 4.79 Å². The molecule has 0 unspecified atom stereocenters. The molecule has 0 aliphatic rings. The van der Waals surface area contributed by atoms with E-state index < -0.39 is 6.09 Å². The predicted octanol–water partition coefficient (Wildman–Crippen LogP) is 1.26. The maximum atomic E-state index is 10.3. The summed E-state index contributed by atoms with van der Waals surface area (Å²) in [6.45, 7) is 0.158. The minimum Gasteiger partial charge on any atom is -0.445 e. The van der Waals surface area contributed by atoms with Gasteiger partial charge in [-0.05, 0) is 17.7 Å². The lowest BCUT2D eigenvalue weighted by Gasteiger charge is -2.01. The lowest BCUT2D eigenvalue weighted by Crippen LogP contribution is -2.12. The van der Waals surface area contributed by atoms with Crippen LogP contribution in [0.15, 0.2) is 24.3 Å². The lowest BCUT2D eigenvalue weighted by molar-refractivity contribution is 0.150. The number of ether oxygens (including phenoxy) is 1. The van der Waals surface area contributed by atoms with Gasteiger partial charge in [0.25, 0.3) is 0 Å². The summed E-state index contributed by atoms with van der Waals surface area (Å²) in [5.41, 5.74) is 6.39. The minimum absolute atomic E-state index is 0.158. The summed E-state index contributed by atoms with van der Waals surface area (Å²) >= 11 is 0. The first-order valence-corrected chi connectivity index (χ1v) is 3.70. The third-order valence-electron chi connectivity index (χ3n) is 1.47. The van der Waals surface area contributed by atoms with Crippen molar-refractivity contribution in [2.75, 3.05) is 0 Å². The number of terminal acetylenes is 1. The van der Waals surface area contributed by atoms with Crippen LogP contribution in [0.3, 0.4) is 0 Å². The van der Waals surface area contributed by atoms with E-state index >= 15 is 0 Å². The van der Waals surface area contributed by atoms with Gasteiger partial charge in [0.2, 0.25) is 0 Å². The molecule has 0 aromatic heterocycles. The molecule has 3 heteroatoms. The topological polar surface area (TPSA) is 52.3 Å². The first kappa shape index (κ1) is 9.14. The van der Waals surface area contributed by atoms with E-state index in [9.17, 15) is 4.79 Å². The van der Waals surface area contributed by atoms with Crippen molar-refractivity contribution < 1.29 is 9.53 Å². The number of carbonyl (C=O) groups excluding carboxylic acids is 1. The molecule has 0 heterocycles. The summed E-state index contributed by atoms with van der Waals surface area (Å²) in [6, 6.07) is 7.18. The molecule has 0 spiro atoms. The first-order chi connectivity index (χ1) is 6.22. The summed E-state index contributed by atoms with van der Waals surface area (Å²) < 4.78 is 4.60. The summed E-state index contributed by atoms with van der Waals surface area (Å²) in [4.78, 5) is 10.3. The molecule has 0 radical (unpaired) electrons. The largest absolute Gasteiger partial charge is 0.445 e. The Balaban J connectivity index is 2.68. The van der Waals surface area contributed by atoms with Crippen molar-refractivity contribution in [2.24, 2.45) is 5.73 Å². The number of rotatable bonds is 2. The average molecular weight is 175 g/mol. The maximum absolute atomic E-state index is 10.3. The maximum Gasteiger partial charge on any atom is 0.404 e. The standard InChI is InChI=1S/C10H9NO2/c1-2-8-4-3-5-9(6-8)7-13-10(11)12/h1,3-6H,7H2,(H2,11,12). The van der Waals surface area contributed by atoms with E-state index in [0.717, 1.165) is 11.1 Å². The Bertz CT molecular complexity index is 352. The predicted molar refractivity (Wildman–Crippen MR) is 48.7 cm³/mol. The van der Waals surface area contributed by atoms with Crippen LogP contribution in [0.25, 0.3) is 0 Å². The first-order valence-electron chi connectivity index (χ1n) is 3.70. The summed E-state index contributed by atoms with van der Waals surface area (Å²) in [7, 11) is 0. The molecular formula is C10H9NO2. The van der Waals surface area contributed by atoms with Gasteiger partial charge in [-0.1, -0.05) is 18.1 Å². The monoisotopic (exact) mass is 175 g/mol. The van der Waals surface area contributed by atoms with Crippen LogP contribution in [0.4, 0.5) is 4.79 Å². The molecule has 0 aliphatic carbocycles.